The lowest BCUT2D eigenvalue weighted by Crippen LogP contribution is -2.12. The molecule has 0 aliphatic carbocycles. The van der Waals surface area contributed by atoms with Crippen molar-refractivity contribution in [1.82, 2.24) is 15.2 Å². The Hall–Kier alpha value is -2.69. The summed E-state index contributed by atoms with van der Waals surface area (Å²) in [6.07, 6.45) is 1.69. The number of pyridine rings is 1. The average molecular weight is 238 g/mol. The molecule has 0 saturated carbocycles. The number of nitrogens with one attached hydrogen (secondary N) is 1. The molecule has 1 aromatic carbocycles. The molecule has 3 rings (SSSR count). The maximum Gasteiger partial charge on any atom is 0.249 e. The van der Waals surface area contributed by atoms with E-state index in [0.717, 1.165) is 11.0 Å². The molecule has 88 valence electrons. The van der Waals surface area contributed by atoms with Crippen molar-refractivity contribution in [3.8, 4) is 11.3 Å². The van der Waals surface area contributed by atoms with E-state index in [-0.39, 0.29) is 0 Å². The second-order valence-electron chi connectivity index (χ2n) is 3.88. The lowest BCUT2D eigenvalue weighted by molar-refractivity contribution is 0.100. The van der Waals surface area contributed by atoms with E-state index in [1.165, 1.54) is 0 Å². The maximum atomic E-state index is 11.4. The van der Waals surface area contributed by atoms with Gasteiger partial charge in [-0.25, -0.2) is 0 Å². The van der Waals surface area contributed by atoms with Crippen LogP contribution in [0.4, 0.5) is 0 Å². The summed E-state index contributed by atoms with van der Waals surface area (Å²) in [4.78, 5) is 15.7. The molecular formula is C13H10N4O. The molecule has 2 aromatic heterocycles. The van der Waals surface area contributed by atoms with Crippen molar-refractivity contribution in [2.75, 3.05) is 0 Å². The topological polar surface area (TPSA) is 84.7 Å². The first-order chi connectivity index (χ1) is 8.77. The Morgan fingerprint density at radius 3 is 2.83 bits per heavy atom. The summed E-state index contributed by atoms with van der Waals surface area (Å²) in [5.74, 6) is -0.474. The first-order valence-corrected chi connectivity index (χ1v) is 5.45. The lowest BCUT2D eigenvalue weighted by atomic mass is 10.0. The van der Waals surface area contributed by atoms with E-state index in [9.17, 15) is 4.79 Å². The molecule has 3 N–H and O–H groups in total. The van der Waals surface area contributed by atoms with Gasteiger partial charge in [-0.05, 0) is 18.2 Å². The minimum absolute atomic E-state index is 0.441. The van der Waals surface area contributed by atoms with Gasteiger partial charge in [0.1, 0.15) is 11.2 Å². The van der Waals surface area contributed by atoms with Gasteiger partial charge >= 0.3 is 0 Å². The standard InChI is InChI=1S/C13H10N4O/c14-13(18)9-5-2-1-4-8(9)11-12-10(16-17-11)6-3-7-15-12/h1-7H,(H2,14,18)(H,16,17). The number of H-pyrrole nitrogens is 1. The molecule has 0 saturated heterocycles. The quantitative estimate of drug-likeness (QED) is 0.712. The van der Waals surface area contributed by atoms with Crippen LogP contribution in [0.1, 0.15) is 10.4 Å². The molecule has 2 heterocycles. The Labute approximate surface area is 103 Å². The number of benzene rings is 1. The average Bonchev–Trinajstić information content (AvgIpc) is 2.82. The molecule has 0 radical (unpaired) electrons. The van der Waals surface area contributed by atoms with Crippen LogP contribution < -0.4 is 5.73 Å². The number of nitrogens with two attached hydrogens (primary N) is 1. The van der Waals surface area contributed by atoms with Crippen molar-refractivity contribution < 1.29 is 4.79 Å². The number of amides is 1. The van der Waals surface area contributed by atoms with Gasteiger partial charge in [0.2, 0.25) is 5.91 Å². The predicted molar refractivity (Wildman–Crippen MR) is 67.8 cm³/mol. The third-order valence-corrected chi connectivity index (χ3v) is 2.77. The zero-order valence-corrected chi connectivity index (χ0v) is 9.42. The van der Waals surface area contributed by atoms with Crippen molar-refractivity contribution in [2.45, 2.75) is 0 Å². The van der Waals surface area contributed by atoms with Gasteiger partial charge in [0.25, 0.3) is 0 Å². The lowest BCUT2D eigenvalue weighted by Gasteiger charge is -2.03. The van der Waals surface area contributed by atoms with Crippen molar-refractivity contribution in [3.63, 3.8) is 0 Å². The third-order valence-electron chi connectivity index (χ3n) is 2.77. The van der Waals surface area contributed by atoms with Crippen molar-refractivity contribution in [2.24, 2.45) is 5.73 Å². The molecular weight excluding hydrogens is 228 g/mol. The molecule has 0 atom stereocenters. The van der Waals surface area contributed by atoms with Crippen LogP contribution in [0.15, 0.2) is 42.6 Å². The SMILES string of the molecule is NC(=O)c1ccccc1-c1n[nH]c2cccnc12. The molecule has 1 amide bonds. The zero-order valence-electron chi connectivity index (χ0n) is 9.42. The van der Waals surface area contributed by atoms with E-state index in [0.29, 0.717) is 16.8 Å². The largest absolute Gasteiger partial charge is 0.366 e. The van der Waals surface area contributed by atoms with Gasteiger partial charge in [-0.15, -0.1) is 0 Å². The van der Waals surface area contributed by atoms with Crippen LogP contribution in [0, 0.1) is 0 Å². The van der Waals surface area contributed by atoms with Gasteiger partial charge in [0, 0.05) is 17.3 Å². The van der Waals surface area contributed by atoms with E-state index < -0.39 is 5.91 Å². The molecule has 0 bridgehead atoms. The van der Waals surface area contributed by atoms with Crippen LogP contribution in [0.5, 0.6) is 0 Å². The first-order valence-electron chi connectivity index (χ1n) is 5.45. The number of aromatic amines is 1. The molecule has 0 spiro atoms. The minimum Gasteiger partial charge on any atom is -0.366 e. The Morgan fingerprint density at radius 2 is 2.00 bits per heavy atom. The Morgan fingerprint density at radius 1 is 1.17 bits per heavy atom. The van der Waals surface area contributed by atoms with Crippen LogP contribution in [-0.2, 0) is 0 Å². The van der Waals surface area contributed by atoms with E-state index in [2.05, 4.69) is 15.2 Å². The van der Waals surface area contributed by atoms with E-state index >= 15 is 0 Å². The molecule has 0 unspecified atom stereocenters. The highest BCUT2D eigenvalue weighted by Gasteiger charge is 2.14. The molecule has 18 heavy (non-hydrogen) atoms. The number of primary amides is 1. The number of fused-ring (bicyclic) bond motifs is 1. The Balaban J connectivity index is 2.30. The van der Waals surface area contributed by atoms with E-state index in [1.807, 2.05) is 24.3 Å². The summed E-state index contributed by atoms with van der Waals surface area (Å²) in [5, 5.41) is 7.10. The molecule has 0 fully saturated rings. The first kappa shape index (κ1) is 10.5. The number of carbonyl (C=O) groups excluding carboxylic acids is 1. The highest BCUT2D eigenvalue weighted by Crippen LogP contribution is 2.26. The van der Waals surface area contributed by atoms with Gasteiger partial charge < -0.3 is 5.73 Å². The summed E-state index contributed by atoms with van der Waals surface area (Å²) in [6.45, 7) is 0. The molecule has 0 aliphatic rings. The summed E-state index contributed by atoms with van der Waals surface area (Å²) < 4.78 is 0. The second kappa shape index (κ2) is 3.96. The van der Waals surface area contributed by atoms with Crippen LogP contribution in [0.2, 0.25) is 0 Å². The van der Waals surface area contributed by atoms with Gasteiger partial charge in [0.05, 0.1) is 5.52 Å². The fraction of sp³-hybridized carbons (Fsp3) is 0. The van der Waals surface area contributed by atoms with Crippen LogP contribution in [0.3, 0.4) is 0 Å². The fourth-order valence-electron chi connectivity index (χ4n) is 1.95. The zero-order chi connectivity index (χ0) is 12.5. The monoisotopic (exact) mass is 238 g/mol. The van der Waals surface area contributed by atoms with Gasteiger partial charge in [0.15, 0.2) is 0 Å². The molecule has 5 nitrogen and oxygen atoms in total. The fourth-order valence-corrected chi connectivity index (χ4v) is 1.95. The van der Waals surface area contributed by atoms with Crippen LogP contribution in [-0.4, -0.2) is 21.1 Å². The highest BCUT2D eigenvalue weighted by atomic mass is 16.1. The van der Waals surface area contributed by atoms with Crippen molar-refractivity contribution in [1.29, 1.82) is 0 Å². The Kier molecular flexibility index (Phi) is 2.30. The van der Waals surface area contributed by atoms with Crippen LogP contribution >= 0.6 is 0 Å². The smallest absolute Gasteiger partial charge is 0.249 e. The van der Waals surface area contributed by atoms with Gasteiger partial charge in [-0.3, -0.25) is 14.9 Å². The maximum absolute atomic E-state index is 11.4. The molecule has 3 aromatic rings. The Bertz CT molecular complexity index is 732. The number of carbonyl (C=O) groups is 1. The number of rotatable bonds is 2. The van der Waals surface area contributed by atoms with Crippen molar-refractivity contribution in [3.05, 3.63) is 48.2 Å². The van der Waals surface area contributed by atoms with Crippen molar-refractivity contribution >= 4 is 16.9 Å². The van der Waals surface area contributed by atoms with Gasteiger partial charge in [-0.2, -0.15) is 5.10 Å². The normalized spacial score (nSPS) is 10.7. The number of nitrogens with zero attached hydrogens (tertiary/aromatic N) is 2. The summed E-state index contributed by atoms with van der Waals surface area (Å²) in [5.41, 5.74) is 8.69. The highest BCUT2D eigenvalue weighted by molar-refractivity contribution is 6.02. The van der Waals surface area contributed by atoms with Crippen LogP contribution in [0.25, 0.3) is 22.3 Å². The summed E-state index contributed by atoms with van der Waals surface area (Å²) in [7, 11) is 0. The number of hydrogen-bond donors (Lipinski definition) is 2. The molecule has 5 heteroatoms. The summed E-state index contributed by atoms with van der Waals surface area (Å²) in [6, 6.07) is 10.8. The predicted octanol–water partition coefficient (Wildman–Crippen LogP) is 1.72. The molecule has 0 aliphatic heterocycles. The second-order valence-corrected chi connectivity index (χ2v) is 3.88. The van der Waals surface area contributed by atoms with E-state index in [4.69, 9.17) is 5.73 Å². The summed E-state index contributed by atoms with van der Waals surface area (Å²) >= 11 is 0. The number of hydrogen-bond acceptors (Lipinski definition) is 3. The third kappa shape index (κ3) is 1.53. The van der Waals surface area contributed by atoms with E-state index in [1.54, 1.807) is 18.3 Å². The number of aromatic nitrogens is 3. The van der Waals surface area contributed by atoms with Gasteiger partial charge in [-0.1, -0.05) is 18.2 Å². The minimum atomic E-state index is -0.474.